The number of ether oxygens (including phenoxy) is 1. The predicted octanol–water partition coefficient (Wildman–Crippen LogP) is 4.23. The van der Waals surface area contributed by atoms with Crippen LogP contribution in [0.3, 0.4) is 0 Å². The van der Waals surface area contributed by atoms with Gasteiger partial charge in [-0.05, 0) is 50.1 Å². The minimum atomic E-state index is 0.177. The number of carbonyl (C=O) groups excluding carboxylic acids is 1. The molecule has 16 heavy (non-hydrogen) atoms. The molecule has 1 aromatic heterocycles. The molecule has 6 heteroatoms. The molecule has 0 aliphatic heterocycles. The molecule has 0 aliphatic rings. The first-order chi connectivity index (χ1) is 7.65. The van der Waals surface area contributed by atoms with Gasteiger partial charge in [0.15, 0.2) is 5.78 Å². The summed E-state index contributed by atoms with van der Waals surface area (Å²) in [5.74, 6) is 1.67. The highest BCUT2D eigenvalue weighted by molar-refractivity contribution is 9.12. The molecule has 0 amide bonds. The molecule has 1 heterocycles. The maximum atomic E-state index is 11.8. The first-order valence-corrected chi connectivity index (χ1v) is 8.25. The number of rotatable bonds is 7. The van der Waals surface area contributed by atoms with Crippen LogP contribution in [0.5, 0.6) is 0 Å². The molecule has 0 spiro atoms. The van der Waals surface area contributed by atoms with Gasteiger partial charge in [0, 0.05) is 19.3 Å². The minimum Gasteiger partial charge on any atom is -0.385 e. The highest BCUT2D eigenvalue weighted by Gasteiger charge is 2.13. The molecule has 0 bridgehead atoms. The van der Waals surface area contributed by atoms with Gasteiger partial charge in [0.05, 0.1) is 13.3 Å². The summed E-state index contributed by atoms with van der Waals surface area (Å²) < 4.78 is 6.83. The minimum absolute atomic E-state index is 0.177. The molecule has 0 fully saturated rings. The van der Waals surface area contributed by atoms with E-state index in [4.69, 9.17) is 4.74 Å². The third-order valence-electron chi connectivity index (χ3n) is 1.83. The van der Waals surface area contributed by atoms with Crippen LogP contribution in [0.2, 0.25) is 0 Å². The monoisotopic (exact) mass is 386 g/mol. The molecule has 0 radical (unpaired) electrons. The van der Waals surface area contributed by atoms with Crippen molar-refractivity contribution in [2.24, 2.45) is 0 Å². The van der Waals surface area contributed by atoms with Gasteiger partial charge in [-0.1, -0.05) is 0 Å². The number of hydrogen-bond acceptors (Lipinski definition) is 4. The van der Waals surface area contributed by atoms with Crippen molar-refractivity contribution in [2.75, 3.05) is 25.2 Å². The van der Waals surface area contributed by atoms with Crippen LogP contribution in [-0.4, -0.2) is 31.0 Å². The molecule has 0 atom stereocenters. The summed E-state index contributed by atoms with van der Waals surface area (Å²) in [7, 11) is 1.69. The van der Waals surface area contributed by atoms with Gasteiger partial charge in [0.1, 0.15) is 0 Å². The van der Waals surface area contributed by atoms with Gasteiger partial charge >= 0.3 is 0 Å². The Hall–Kier alpha value is 0.640. The molecule has 1 aromatic rings. The van der Waals surface area contributed by atoms with E-state index in [-0.39, 0.29) is 5.78 Å². The lowest BCUT2D eigenvalue weighted by Gasteiger charge is -2.00. The summed E-state index contributed by atoms with van der Waals surface area (Å²) in [5, 5.41) is 0. The second-order valence-corrected chi connectivity index (χ2v) is 7.91. The molecule has 1 rings (SSSR count). The lowest BCUT2D eigenvalue weighted by molar-refractivity contribution is 0.102. The largest absolute Gasteiger partial charge is 0.385 e. The van der Waals surface area contributed by atoms with E-state index >= 15 is 0 Å². The van der Waals surface area contributed by atoms with Crippen molar-refractivity contribution < 1.29 is 9.53 Å². The van der Waals surface area contributed by atoms with Crippen molar-refractivity contribution in [3.63, 3.8) is 0 Å². The van der Waals surface area contributed by atoms with Gasteiger partial charge in [-0.15, -0.1) is 11.3 Å². The lowest BCUT2D eigenvalue weighted by Crippen LogP contribution is -2.02. The number of Topliss-reactive ketones (excluding diaryl/α,β-unsaturated/α-hetero) is 1. The molecule has 90 valence electrons. The standard InChI is InChI=1S/C10H12Br2O2S2/c1-14-3-2-4-15-6-8(13)7-5-9(11)16-10(7)12/h5H,2-4,6H2,1H3. The van der Waals surface area contributed by atoms with Crippen LogP contribution in [0.25, 0.3) is 0 Å². The van der Waals surface area contributed by atoms with Crippen LogP contribution in [-0.2, 0) is 4.74 Å². The molecule has 0 aliphatic carbocycles. The number of ketones is 1. The number of methoxy groups -OCH3 is 1. The van der Waals surface area contributed by atoms with Crippen LogP contribution in [0.15, 0.2) is 13.6 Å². The smallest absolute Gasteiger partial charge is 0.174 e. The van der Waals surface area contributed by atoms with E-state index in [0.717, 1.165) is 31.9 Å². The number of halogens is 2. The number of carbonyl (C=O) groups is 1. The van der Waals surface area contributed by atoms with Crippen molar-refractivity contribution in [3.05, 3.63) is 19.2 Å². The van der Waals surface area contributed by atoms with Crippen molar-refractivity contribution >= 4 is 60.7 Å². The van der Waals surface area contributed by atoms with Gasteiger partial charge in [-0.3, -0.25) is 4.79 Å². The van der Waals surface area contributed by atoms with Gasteiger partial charge in [-0.25, -0.2) is 0 Å². The summed E-state index contributed by atoms with van der Waals surface area (Å²) >= 11 is 9.94. The molecule has 0 N–H and O–H groups in total. The van der Waals surface area contributed by atoms with Gasteiger partial charge in [-0.2, -0.15) is 11.8 Å². The van der Waals surface area contributed by atoms with E-state index in [0.29, 0.717) is 5.75 Å². The number of thioether (sulfide) groups is 1. The summed E-state index contributed by atoms with van der Waals surface area (Å²) in [6, 6.07) is 1.87. The quantitative estimate of drug-likeness (QED) is 0.517. The molecular formula is C10H12Br2O2S2. The average molecular weight is 388 g/mol. The van der Waals surface area contributed by atoms with Crippen molar-refractivity contribution in [2.45, 2.75) is 6.42 Å². The van der Waals surface area contributed by atoms with Crippen LogP contribution in [0.1, 0.15) is 16.8 Å². The Labute approximate surface area is 120 Å². The highest BCUT2D eigenvalue weighted by Crippen LogP contribution is 2.32. The fourth-order valence-electron chi connectivity index (χ4n) is 1.08. The maximum absolute atomic E-state index is 11.8. The zero-order valence-corrected chi connectivity index (χ0v) is 13.6. The first-order valence-electron chi connectivity index (χ1n) is 4.70. The third kappa shape index (κ3) is 4.87. The molecule has 0 aromatic carbocycles. The van der Waals surface area contributed by atoms with E-state index in [1.54, 1.807) is 18.9 Å². The predicted molar refractivity (Wildman–Crippen MR) is 77.9 cm³/mol. The van der Waals surface area contributed by atoms with Crippen molar-refractivity contribution in [1.29, 1.82) is 0 Å². The maximum Gasteiger partial charge on any atom is 0.174 e. The summed E-state index contributed by atoms with van der Waals surface area (Å²) in [4.78, 5) is 11.8. The van der Waals surface area contributed by atoms with Crippen LogP contribution >= 0.6 is 55.0 Å². The third-order valence-corrected chi connectivity index (χ3v) is 5.21. The van der Waals surface area contributed by atoms with E-state index in [2.05, 4.69) is 31.9 Å². The Morgan fingerprint density at radius 2 is 2.31 bits per heavy atom. The fourth-order valence-corrected chi connectivity index (χ4v) is 4.74. The summed E-state index contributed by atoms with van der Waals surface area (Å²) in [5.41, 5.74) is 0.774. The Morgan fingerprint density at radius 1 is 1.56 bits per heavy atom. The molecule has 0 saturated heterocycles. The van der Waals surface area contributed by atoms with Gasteiger partial charge in [0.25, 0.3) is 0 Å². The van der Waals surface area contributed by atoms with Crippen LogP contribution < -0.4 is 0 Å². The topological polar surface area (TPSA) is 26.3 Å². The Kier molecular flexibility index (Phi) is 7.23. The normalized spacial score (nSPS) is 10.7. The number of thiophene rings is 1. The Morgan fingerprint density at radius 3 is 2.88 bits per heavy atom. The van der Waals surface area contributed by atoms with E-state index in [1.165, 1.54) is 11.3 Å². The average Bonchev–Trinajstić information content (AvgIpc) is 2.57. The Balaban J connectivity index is 2.33. The van der Waals surface area contributed by atoms with E-state index in [1.807, 2.05) is 6.07 Å². The second-order valence-electron chi connectivity index (χ2n) is 3.06. The zero-order chi connectivity index (χ0) is 12.0. The second kappa shape index (κ2) is 7.87. The zero-order valence-electron chi connectivity index (χ0n) is 8.79. The van der Waals surface area contributed by atoms with E-state index < -0.39 is 0 Å². The van der Waals surface area contributed by atoms with Gasteiger partial charge < -0.3 is 4.74 Å². The highest BCUT2D eigenvalue weighted by atomic mass is 79.9. The molecule has 0 saturated carbocycles. The first kappa shape index (κ1) is 14.7. The van der Waals surface area contributed by atoms with Crippen molar-refractivity contribution in [3.8, 4) is 0 Å². The molecule has 0 unspecified atom stereocenters. The van der Waals surface area contributed by atoms with Crippen LogP contribution in [0.4, 0.5) is 0 Å². The number of hydrogen-bond donors (Lipinski definition) is 0. The lowest BCUT2D eigenvalue weighted by atomic mass is 10.2. The Bertz CT molecular complexity index is 353. The molecule has 2 nitrogen and oxygen atoms in total. The summed E-state index contributed by atoms with van der Waals surface area (Å²) in [6.45, 7) is 0.759. The SMILES string of the molecule is COCCCSCC(=O)c1cc(Br)sc1Br. The van der Waals surface area contributed by atoms with E-state index in [9.17, 15) is 4.79 Å². The van der Waals surface area contributed by atoms with Crippen molar-refractivity contribution in [1.82, 2.24) is 0 Å². The summed E-state index contributed by atoms with van der Waals surface area (Å²) in [6.07, 6.45) is 0.989. The van der Waals surface area contributed by atoms with Crippen LogP contribution in [0, 0.1) is 0 Å². The fraction of sp³-hybridized carbons (Fsp3) is 0.500. The molecular weight excluding hydrogens is 376 g/mol. The van der Waals surface area contributed by atoms with Gasteiger partial charge in [0.2, 0.25) is 0 Å².